The van der Waals surface area contributed by atoms with Crippen LogP contribution in [-0.2, 0) is 16.2 Å². The zero-order chi connectivity index (χ0) is 15.8. The first kappa shape index (κ1) is 17.3. The highest BCUT2D eigenvalue weighted by Crippen LogP contribution is 2.38. The fourth-order valence-electron chi connectivity index (χ4n) is 2.18. The van der Waals surface area contributed by atoms with Gasteiger partial charge in [0.1, 0.15) is 5.82 Å². The molecule has 0 aliphatic carbocycles. The van der Waals surface area contributed by atoms with Crippen molar-refractivity contribution < 1.29 is 0 Å². The number of aromatic amines is 1. The molecule has 0 fully saturated rings. The highest BCUT2D eigenvalue weighted by Gasteiger charge is 2.35. The monoisotopic (exact) mass is 278 g/mol. The fourth-order valence-corrected chi connectivity index (χ4v) is 2.18. The van der Waals surface area contributed by atoms with E-state index in [-0.39, 0.29) is 16.2 Å². The summed E-state index contributed by atoms with van der Waals surface area (Å²) >= 11 is 0. The number of hydrogen-bond donors (Lipinski definition) is 1. The molecule has 1 heterocycles. The van der Waals surface area contributed by atoms with Crippen LogP contribution in [0.15, 0.2) is 0 Å². The predicted octanol–water partition coefficient (Wildman–Crippen LogP) is 5.47. The first-order valence-corrected chi connectivity index (χ1v) is 8.13. The SMILES string of the molecule is CCC(C)(C)c1nc(C(C)(C)CC)c(C(C)(C)CC)[nH]1. The molecule has 1 N–H and O–H groups in total. The van der Waals surface area contributed by atoms with E-state index in [4.69, 9.17) is 4.98 Å². The molecule has 0 saturated heterocycles. The van der Waals surface area contributed by atoms with Crippen molar-refractivity contribution >= 4 is 0 Å². The minimum absolute atomic E-state index is 0.112. The maximum atomic E-state index is 5.05. The lowest BCUT2D eigenvalue weighted by Crippen LogP contribution is -2.25. The van der Waals surface area contributed by atoms with Gasteiger partial charge < -0.3 is 4.98 Å². The standard InChI is InChI=1S/C18H34N2/c1-10-16(4,5)13-14(17(6,7)11-2)20-15(19-13)18(8,9)12-3/h10-12H2,1-9H3,(H,19,20). The van der Waals surface area contributed by atoms with Crippen molar-refractivity contribution in [1.29, 1.82) is 0 Å². The zero-order valence-electron chi connectivity index (χ0n) is 15.1. The normalized spacial score (nSPS) is 13.8. The van der Waals surface area contributed by atoms with Gasteiger partial charge in [-0.15, -0.1) is 0 Å². The molecule has 0 aromatic carbocycles. The Morgan fingerprint density at radius 2 is 1.20 bits per heavy atom. The van der Waals surface area contributed by atoms with Crippen molar-refractivity contribution in [3.05, 3.63) is 17.2 Å². The molecule has 1 aromatic heterocycles. The number of aromatic nitrogens is 2. The summed E-state index contributed by atoms with van der Waals surface area (Å²) in [5.74, 6) is 1.15. The summed E-state index contributed by atoms with van der Waals surface area (Å²) in [4.78, 5) is 8.75. The lowest BCUT2D eigenvalue weighted by molar-refractivity contribution is 0.441. The van der Waals surface area contributed by atoms with Crippen LogP contribution < -0.4 is 0 Å². The first-order chi connectivity index (χ1) is 9.01. The maximum Gasteiger partial charge on any atom is 0.112 e. The van der Waals surface area contributed by atoms with E-state index >= 15 is 0 Å². The third-order valence-electron chi connectivity index (χ3n) is 5.31. The maximum absolute atomic E-state index is 5.05. The van der Waals surface area contributed by atoms with Crippen molar-refractivity contribution in [3.63, 3.8) is 0 Å². The molecule has 116 valence electrons. The largest absolute Gasteiger partial charge is 0.345 e. The van der Waals surface area contributed by atoms with E-state index in [1.54, 1.807) is 0 Å². The Balaban J connectivity index is 3.49. The van der Waals surface area contributed by atoms with E-state index in [0.717, 1.165) is 25.1 Å². The Labute approximate surface area is 125 Å². The topological polar surface area (TPSA) is 28.7 Å². The molecule has 0 saturated carbocycles. The van der Waals surface area contributed by atoms with E-state index in [0.29, 0.717) is 0 Å². The van der Waals surface area contributed by atoms with Crippen molar-refractivity contribution in [2.45, 2.75) is 97.8 Å². The highest BCUT2D eigenvalue weighted by molar-refractivity contribution is 5.31. The van der Waals surface area contributed by atoms with Crippen LogP contribution in [0.25, 0.3) is 0 Å². The van der Waals surface area contributed by atoms with E-state index < -0.39 is 0 Å². The van der Waals surface area contributed by atoms with Crippen LogP contribution in [0.3, 0.4) is 0 Å². The number of nitrogens with one attached hydrogen (secondary N) is 1. The summed E-state index contributed by atoms with van der Waals surface area (Å²) in [5, 5.41) is 0. The fraction of sp³-hybridized carbons (Fsp3) is 0.833. The third-order valence-corrected chi connectivity index (χ3v) is 5.31. The number of nitrogens with zero attached hydrogens (tertiary/aromatic N) is 1. The van der Waals surface area contributed by atoms with Gasteiger partial charge in [0.15, 0.2) is 0 Å². The van der Waals surface area contributed by atoms with Crippen LogP contribution in [0.5, 0.6) is 0 Å². The second kappa shape index (κ2) is 5.54. The Morgan fingerprint density at radius 3 is 1.60 bits per heavy atom. The van der Waals surface area contributed by atoms with Gasteiger partial charge in [-0.2, -0.15) is 0 Å². The molecule has 0 aliphatic heterocycles. The van der Waals surface area contributed by atoms with Crippen molar-refractivity contribution in [2.24, 2.45) is 0 Å². The second-order valence-electron chi connectivity index (χ2n) is 8.02. The van der Waals surface area contributed by atoms with Gasteiger partial charge in [0, 0.05) is 21.9 Å². The Bertz CT molecular complexity index is 416. The Morgan fingerprint density at radius 1 is 0.750 bits per heavy atom. The molecule has 0 spiro atoms. The molecule has 0 aliphatic rings. The lowest BCUT2D eigenvalue weighted by atomic mass is 9.77. The molecule has 2 heteroatoms. The smallest absolute Gasteiger partial charge is 0.112 e. The van der Waals surface area contributed by atoms with Crippen LogP contribution in [0.2, 0.25) is 0 Å². The molecule has 0 unspecified atom stereocenters. The molecule has 0 radical (unpaired) electrons. The minimum atomic E-state index is 0.112. The summed E-state index contributed by atoms with van der Waals surface area (Å²) in [7, 11) is 0. The molecule has 1 rings (SSSR count). The lowest BCUT2D eigenvalue weighted by Gasteiger charge is -2.29. The Hall–Kier alpha value is -0.790. The van der Waals surface area contributed by atoms with Crippen LogP contribution in [0.1, 0.15) is 98.8 Å². The van der Waals surface area contributed by atoms with E-state index in [2.05, 4.69) is 67.3 Å². The predicted molar refractivity (Wildman–Crippen MR) is 88.5 cm³/mol. The minimum Gasteiger partial charge on any atom is -0.345 e. The number of rotatable bonds is 6. The van der Waals surface area contributed by atoms with Gasteiger partial charge in [0.2, 0.25) is 0 Å². The summed E-state index contributed by atoms with van der Waals surface area (Å²) in [5.41, 5.74) is 2.99. The summed E-state index contributed by atoms with van der Waals surface area (Å²) in [6, 6.07) is 0. The van der Waals surface area contributed by atoms with E-state index in [1.807, 2.05) is 0 Å². The molecule has 0 amide bonds. The number of hydrogen-bond acceptors (Lipinski definition) is 1. The van der Waals surface area contributed by atoms with Gasteiger partial charge >= 0.3 is 0 Å². The van der Waals surface area contributed by atoms with Gasteiger partial charge in [-0.3, -0.25) is 0 Å². The van der Waals surface area contributed by atoms with Crippen LogP contribution in [0, 0.1) is 0 Å². The van der Waals surface area contributed by atoms with E-state index in [9.17, 15) is 0 Å². The molecular formula is C18H34N2. The van der Waals surface area contributed by atoms with Crippen molar-refractivity contribution in [1.82, 2.24) is 9.97 Å². The summed E-state index contributed by atoms with van der Waals surface area (Å²) in [6.45, 7) is 20.5. The molecule has 0 bridgehead atoms. The molecule has 20 heavy (non-hydrogen) atoms. The van der Waals surface area contributed by atoms with Gasteiger partial charge in [0.25, 0.3) is 0 Å². The quantitative estimate of drug-likeness (QED) is 0.734. The van der Waals surface area contributed by atoms with Crippen LogP contribution in [-0.4, -0.2) is 9.97 Å². The molecule has 0 atom stereocenters. The molecular weight excluding hydrogens is 244 g/mol. The van der Waals surface area contributed by atoms with Crippen molar-refractivity contribution in [2.75, 3.05) is 0 Å². The van der Waals surface area contributed by atoms with Gasteiger partial charge in [-0.05, 0) is 19.3 Å². The highest BCUT2D eigenvalue weighted by atomic mass is 15.0. The van der Waals surface area contributed by atoms with Crippen molar-refractivity contribution in [3.8, 4) is 0 Å². The second-order valence-corrected chi connectivity index (χ2v) is 8.02. The van der Waals surface area contributed by atoms with E-state index in [1.165, 1.54) is 11.4 Å². The number of imidazole rings is 1. The molecule has 2 nitrogen and oxygen atoms in total. The van der Waals surface area contributed by atoms with Gasteiger partial charge in [-0.1, -0.05) is 62.3 Å². The van der Waals surface area contributed by atoms with Gasteiger partial charge in [-0.25, -0.2) is 4.98 Å². The van der Waals surface area contributed by atoms with Crippen LogP contribution >= 0.6 is 0 Å². The average Bonchev–Trinajstić information content (AvgIpc) is 2.86. The Kier molecular flexibility index (Phi) is 4.78. The molecule has 1 aromatic rings. The van der Waals surface area contributed by atoms with Gasteiger partial charge in [0.05, 0.1) is 5.69 Å². The van der Waals surface area contributed by atoms with Crippen LogP contribution in [0.4, 0.5) is 0 Å². The third kappa shape index (κ3) is 3.10. The average molecular weight is 278 g/mol. The summed E-state index contributed by atoms with van der Waals surface area (Å²) in [6.07, 6.45) is 3.32. The first-order valence-electron chi connectivity index (χ1n) is 8.13. The number of H-pyrrole nitrogens is 1. The summed E-state index contributed by atoms with van der Waals surface area (Å²) < 4.78 is 0. The zero-order valence-corrected chi connectivity index (χ0v) is 15.1.